The van der Waals surface area contributed by atoms with Gasteiger partial charge in [0.2, 0.25) is 0 Å². The second kappa shape index (κ2) is 7.61. The fourth-order valence-electron chi connectivity index (χ4n) is 2.19. The first-order valence-electron chi connectivity index (χ1n) is 7.56. The summed E-state index contributed by atoms with van der Waals surface area (Å²) in [6.07, 6.45) is 0. The number of carboxylic acids is 1. The number of hydrogen-bond acceptors (Lipinski definition) is 4. The number of benzene rings is 2. The zero-order chi connectivity index (χ0) is 19.4. The normalized spacial score (nSPS) is 10.7. The fraction of sp³-hybridized carbons (Fsp3) is 0. The van der Waals surface area contributed by atoms with Crippen LogP contribution in [0.15, 0.2) is 64.9 Å². The molecule has 27 heavy (non-hydrogen) atoms. The summed E-state index contributed by atoms with van der Waals surface area (Å²) in [7, 11) is -4.09. The van der Waals surface area contributed by atoms with E-state index < -0.39 is 27.4 Å². The summed E-state index contributed by atoms with van der Waals surface area (Å²) in [5.41, 5.74) is 0.150. The minimum atomic E-state index is -4.09. The van der Waals surface area contributed by atoms with E-state index in [-0.39, 0.29) is 10.6 Å². The zero-order valence-electron chi connectivity index (χ0n) is 13.6. The first-order chi connectivity index (χ1) is 12.8. The van der Waals surface area contributed by atoms with E-state index in [9.17, 15) is 17.6 Å². The van der Waals surface area contributed by atoms with E-state index in [0.717, 1.165) is 23.1 Å². The summed E-state index contributed by atoms with van der Waals surface area (Å²) in [6.45, 7) is 0. The van der Waals surface area contributed by atoms with Gasteiger partial charge in [0.05, 0.1) is 21.0 Å². The first-order valence-corrected chi connectivity index (χ1v) is 9.93. The Morgan fingerprint density at radius 3 is 2.59 bits per heavy atom. The average Bonchev–Trinajstić information content (AvgIpc) is 3.13. The number of thiophene rings is 1. The van der Waals surface area contributed by atoms with Gasteiger partial charge < -0.3 is 5.11 Å². The highest BCUT2D eigenvalue weighted by Crippen LogP contribution is 2.20. The standard InChI is InChI=1S/C19H12FNO4S2/c20-18-9-8-16(12-17(18)19(22)23)27(24,25)21-14-4-1-3-13(11-14)6-7-15-5-2-10-26-15/h1-5,8-12,21H,(H,22,23). The van der Waals surface area contributed by atoms with E-state index in [4.69, 9.17) is 5.11 Å². The van der Waals surface area contributed by atoms with Crippen LogP contribution in [-0.2, 0) is 10.0 Å². The second-order valence-corrected chi connectivity index (χ2v) is 7.99. The lowest BCUT2D eigenvalue weighted by molar-refractivity contribution is 0.0691. The van der Waals surface area contributed by atoms with Gasteiger partial charge in [0.1, 0.15) is 5.82 Å². The van der Waals surface area contributed by atoms with Gasteiger partial charge in [-0.15, -0.1) is 11.3 Å². The van der Waals surface area contributed by atoms with Gasteiger partial charge in [0, 0.05) is 5.56 Å². The van der Waals surface area contributed by atoms with Gasteiger partial charge in [-0.1, -0.05) is 24.0 Å². The maximum Gasteiger partial charge on any atom is 0.338 e. The molecule has 0 fully saturated rings. The van der Waals surface area contributed by atoms with Crippen LogP contribution in [0.2, 0.25) is 0 Å². The lowest BCUT2D eigenvalue weighted by atomic mass is 10.2. The van der Waals surface area contributed by atoms with Crippen LogP contribution >= 0.6 is 11.3 Å². The highest BCUT2D eigenvalue weighted by atomic mass is 32.2. The van der Waals surface area contributed by atoms with Gasteiger partial charge in [-0.05, 0) is 47.8 Å². The molecule has 0 aliphatic rings. The largest absolute Gasteiger partial charge is 0.478 e. The van der Waals surface area contributed by atoms with Crippen LogP contribution < -0.4 is 4.72 Å². The highest BCUT2D eigenvalue weighted by molar-refractivity contribution is 7.92. The maximum atomic E-state index is 13.5. The van der Waals surface area contributed by atoms with Gasteiger partial charge in [-0.3, -0.25) is 4.72 Å². The lowest BCUT2D eigenvalue weighted by Gasteiger charge is -2.09. The molecular formula is C19H12FNO4S2. The zero-order valence-corrected chi connectivity index (χ0v) is 15.3. The Balaban J connectivity index is 1.87. The molecule has 0 amide bonds. The number of carboxylic acid groups (broad SMARTS) is 1. The average molecular weight is 401 g/mol. The first kappa shape index (κ1) is 18.6. The molecule has 0 aliphatic heterocycles. The van der Waals surface area contributed by atoms with Crippen molar-refractivity contribution in [2.75, 3.05) is 4.72 Å². The van der Waals surface area contributed by atoms with Crippen molar-refractivity contribution in [2.24, 2.45) is 0 Å². The van der Waals surface area contributed by atoms with Crippen molar-refractivity contribution in [3.05, 3.63) is 81.8 Å². The third-order valence-corrected chi connectivity index (χ3v) is 5.61. The van der Waals surface area contributed by atoms with Crippen LogP contribution in [0.25, 0.3) is 0 Å². The molecule has 0 radical (unpaired) electrons. The van der Waals surface area contributed by atoms with Crippen molar-refractivity contribution in [1.29, 1.82) is 0 Å². The monoisotopic (exact) mass is 401 g/mol. The second-order valence-electron chi connectivity index (χ2n) is 5.36. The topological polar surface area (TPSA) is 83.5 Å². The van der Waals surface area contributed by atoms with E-state index in [0.29, 0.717) is 5.56 Å². The Hall–Kier alpha value is -3.15. The third kappa shape index (κ3) is 4.53. The van der Waals surface area contributed by atoms with Crippen molar-refractivity contribution >= 4 is 33.0 Å². The van der Waals surface area contributed by atoms with Gasteiger partial charge >= 0.3 is 5.97 Å². The molecule has 0 spiro atoms. The van der Waals surface area contributed by atoms with E-state index in [2.05, 4.69) is 16.6 Å². The SMILES string of the molecule is O=C(O)c1cc(S(=O)(=O)Nc2cccc(C#Cc3cccs3)c2)ccc1F. The number of carbonyl (C=O) groups is 1. The number of nitrogens with one attached hydrogen (secondary N) is 1. The molecule has 0 aliphatic carbocycles. The molecule has 0 bridgehead atoms. The van der Waals surface area contributed by atoms with Gasteiger partial charge in [-0.25, -0.2) is 17.6 Å². The van der Waals surface area contributed by atoms with Crippen molar-refractivity contribution in [1.82, 2.24) is 0 Å². The van der Waals surface area contributed by atoms with Gasteiger partial charge in [0.15, 0.2) is 0 Å². The summed E-state index contributed by atoms with van der Waals surface area (Å²) in [4.78, 5) is 11.5. The van der Waals surface area contributed by atoms with E-state index in [1.165, 1.54) is 17.4 Å². The van der Waals surface area contributed by atoms with Crippen LogP contribution in [0.5, 0.6) is 0 Å². The molecule has 0 unspecified atom stereocenters. The fourth-order valence-corrected chi connectivity index (χ4v) is 3.84. The Labute approximate surface area is 159 Å². The van der Waals surface area contributed by atoms with Crippen molar-refractivity contribution in [3.63, 3.8) is 0 Å². The maximum absolute atomic E-state index is 13.5. The molecule has 0 saturated heterocycles. The predicted molar refractivity (Wildman–Crippen MR) is 101 cm³/mol. The van der Waals surface area contributed by atoms with E-state index >= 15 is 0 Å². The number of sulfonamides is 1. The van der Waals surface area contributed by atoms with Crippen LogP contribution in [0.1, 0.15) is 20.8 Å². The van der Waals surface area contributed by atoms with Crippen molar-refractivity contribution < 1.29 is 22.7 Å². The van der Waals surface area contributed by atoms with Gasteiger partial charge in [-0.2, -0.15) is 0 Å². The third-order valence-electron chi connectivity index (χ3n) is 3.44. The summed E-state index contributed by atoms with van der Waals surface area (Å²) in [5.74, 6) is 3.36. The Morgan fingerprint density at radius 1 is 1.07 bits per heavy atom. The predicted octanol–water partition coefficient (Wildman–Crippen LogP) is 3.79. The Bertz CT molecular complexity index is 1160. The van der Waals surface area contributed by atoms with Crippen molar-refractivity contribution in [3.8, 4) is 11.8 Å². The van der Waals surface area contributed by atoms with E-state index in [1.807, 2.05) is 17.5 Å². The van der Waals surface area contributed by atoms with Crippen LogP contribution in [0.4, 0.5) is 10.1 Å². The summed E-state index contributed by atoms with van der Waals surface area (Å²) < 4.78 is 40.8. The van der Waals surface area contributed by atoms with Crippen molar-refractivity contribution in [2.45, 2.75) is 4.90 Å². The molecule has 3 rings (SSSR count). The Kier molecular flexibility index (Phi) is 5.26. The molecule has 1 heterocycles. The molecule has 0 saturated carbocycles. The molecule has 5 nitrogen and oxygen atoms in total. The molecule has 3 aromatic rings. The Morgan fingerprint density at radius 2 is 1.89 bits per heavy atom. The van der Waals surface area contributed by atoms with Crippen LogP contribution in [0, 0.1) is 17.7 Å². The number of hydrogen-bond donors (Lipinski definition) is 2. The quantitative estimate of drug-likeness (QED) is 0.652. The molecule has 2 aromatic carbocycles. The van der Waals surface area contributed by atoms with Crippen LogP contribution in [-0.4, -0.2) is 19.5 Å². The summed E-state index contributed by atoms with van der Waals surface area (Å²) >= 11 is 1.49. The lowest BCUT2D eigenvalue weighted by Crippen LogP contribution is -2.14. The number of rotatable bonds is 4. The van der Waals surface area contributed by atoms with E-state index in [1.54, 1.807) is 18.2 Å². The highest BCUT2D eigenvalue weighted by Gasteiger charge is 2.19. The minimum absolute atomic E-state index is 0.258. The molecular weight excluding hydrogens is 389 g/mol. The smallest absolute Gasteiger partial charge is 0.338 e. The summed E-state index contributed by atoms with van der Waals surface area (Å²) in [6, 6.07) is 12.8. The number of aromatic carboxylic acids is 1. The summed E-state index contributed by atoms with van der Waals surface area (Å²) in [5, 5.41) is 10.9. The van der Waals surface area contributed by atoms with Crippen LogP contribution in [0.3, 0.4) is 0 Å². The molecule has 1 aromatic heterocycles. The molecule has 136 valence electrons. The minimum Gasteiger partial charge on any atom is -0.478 e. The number of anilines is 1. The number of halogens is 1. The van der Waals surface area contributed by atoms with Gasteiger partial charge in [0.25, 0.3) is 10.0 Å². The molecule has 0 atom stereocenters. The molecule has 8 heteroatoms. The molecule has 2 N–H and O–H groups in total.